The minimum absolute atomic E-state index is 0.452. The molecule has 0 aromatic carbocycles. The van der Waals surface area contributed by atoms with Crippen LogP contribution in [0.25, 0.3) is 0 Å². The number of nitrogens with zero attached hydrogens (tertiary/aromatic N) is 2. The van der Waals surface area contributed by atoms with Crippen molar-refractivity contribution in [2.24, 2.45) is 7.05 Å². The molecule has 1 N–H and O–H groups in total. The molecule has 0 aliphatic rings. The molecular weight excluding hydrogens is 210 g/mol. The van der Waals surface area contributed by atoms with Gasteiger partial charge in [0.25, 0.3) is 0 Å². The van der Waals surface area contributed by atoms with Gasteiger partial charge in [0.2, 0.25) is 0 Å². The van der Waals surface area contributed by atoms with Crippen molar-refractivity contribution in [3.8, 4) is 0 Å². The van der Waals surface area contributed by atoms with Gasteiger partial charge in [0.15, 0.2) is 0 Å². The van der Waals surface area contributed by atoms with E-state index in [1.165, 1.54) is 50.6 Å². The predicted octanol–water partition coefficient (Wildman–Crippen LogP) is 3.43. The second-order valence-electron chi connectivity index (χ2n) is 4.83. The average Bonchev–Trinajstić information content (AvgIpc) is 2.75. The van der Waals surface area contributed by atoms with Gasteiger partial charge in [0.1, 0.15) is 0 Å². The van der Waals surface area contributed by atoms with Crippen LogP contribution in [0.15, 0.2) is 12.5 Å². The molecular formula is C14H27N3. The van der Waals surface area contributed by atoms with Crippen molar-refractivity contribution in [2.75, 3.05) is 7.05 Å². The van der Waals surface area contributed by atoms with Crippen molar-refractivity contribution in [3.63, 3.8) is 0 Å². The van der Waals surface area contributed by atoms with Crippen LogP contribution in [0.1, 0.15) is 63.6 Å². The number of aromatic nitrogens is 2. The maximum Gasteiger partial charge on any atom is 0.0946 e. The summed E-state index contributed by atoms with van der Waals surface area (Å²) in [7, 11) is 4.10. The van der Waals surface area contributed by atoms with Crippen molar-refractivity contribution >= 4 is 0 Å². The first-order chi connectivity index (χ1) is 8.29. The van der Waals surface area contributed by atoms with Gasteiger partial charge in [-0.2, -0.15) is 0 Å². The van der Waals surface area contributed by atoms with Gasteiger partial charge < -0.3 is 9.88 Å². The molecule has 0 amide bonds. The SMILES string of the molecule is CCCCCCCCC(NC)c1cncn1C. The summed E-state index contributed by atoms with van der Waals surface area (Å²) >= 11 is 0. The molecule has 0 bridgehead atoms. The molecule has 1 aromatic rings. The number of hydrogen-bond donors (Lipinski definition) is 1. The van der Waals surface area contributed by atoms with E-state index >= 15 is 0 Å². The summed E-state index contributed by atoms with van der Waals surface area (Å²) in [5.74, 6) is 0. The van der Waals surface area contributed by atoms with E-state index in [1.54, 1.807) is 0 Å². The van der Waals surface area contributed by atoms with Crippen LogP contribution in [0, 0.1) is 0 Å². The molecule has 0 radical (unpaired) electrons. The molecule has 0 spiro atoms. The molecule has 98 valence electrons. The van der Waals surface area contributed by atoms with Crippen molar-refractivity contribution in [2.45, 2.75) is 57.9 Å². The Labute approximate surface area is 106 Å². The van der Waals surface area contributed by atoms with Crippen LogP contribution >= 0.6 is 0 Å². The average molecular weight is 237 g/mol. The van der Waals surface area contributed by atoms with E-state index in [4.69, 9.17) is 0 Å². The topological polar surface area (TPSA) is 29.9 Å². The van der Waals surface area contributed by atoms with E-state index in [-0.39, 0.29) is 0 Å². The molecule has 1 unspecified atom stereocenters. The molecule has 1 rings (SSSR count). The van der Waals surface area contributed by atoms with Crippen LogP contribution < -0.4 is 5.32 Å². The number of rotatable bonds is 9. The normalized spacial score (nSPS) is 12.9. The summed E-state index contributed by atoms with van der Waals surface area (Å²) in [4.78, 5) is 4.18. The van der Waals surface area contributed by atoms with Crippen LogP contribution in [0.5, 0.6) is 0 Å². The lowest BCUT2D eigenvalue weighted by Crippen LogP contribution is -2.18. The minimum Gasteiger partial charge on any atom is -0.336 e. The summed E-state index contributed by atoms with van der Waals surface area (Å²) in [6, 6.07) is 0.452. The van der Waals surface area contributed by atoms with Crippen LogP contribution in [0.3, 0.4) is 0 Å². The number of imidazole rings is 1. The Balaban J connectivity index is 2.22. The molecule has 0 saturated carbocycles. The Morgan fingerprint density at radius 1 is 1.24 bits per heavy atom. The first kappa shape index (κ1) is 14.2. The zero-order valence-corrected chi connectivity index (χ0v) is 11.6. The Hall–Kier alpha value is -0.830. The smallest absolute Gasteiger partial charge is 0.0946 e. The zero-order valence-electron chi connectivity index (χ0n) is 11.6. The molecule has 0 aliphatic carbocycles. The fraction of sp³-hybridized carbons (Fsp3) is 0.786. The number of hydrogen-bond acceptors (Lipinski definition) is 2. The second kappa shape index (κ2) is 8.29. The van der Waals surface area contributed by atoms with E-state index in [0.717, 1.165) is 0 Å². The molecule has 1 heterocycles. The molecule has 3 nitrogen and oxygen atoms in total. The monoisotopic (exact) mass is 237 g/mol. The highest BCUT2D eigenvalue weighted by atomic mass is 15.1. The van der Waals surface area contributed by atoms with E-state index in [0.29, 0.717) is 6.04 Å². The lowest BCUT2D eigenvalue weighted by Gasteiger charge is -2.16. The molecule has 0 fully saturated rings. The lowest BCUT2D eigenvalue weighted by molar-refractivity contribution is 0.479. The van der Waals surface area contributed by atoms with Crippen molar-refractivity contribution in [1.82, 2.24) is 14.9 Å². The Morgan fingerprint density at radius 3 is 2.53 bits per heavy atom. The maximum atomic E-state index is 4.18. The molecule has 0 saturated heterocycles. The van der Waals surface area contributed by atoms with E-state index in [2.05, 4.69) is 28.8 Å². The van der Waals surface area contributed by atoms with Gasteiger partial charge in [-0.15, -0.1) is 0 Å². The van der Waals surface area contributed by atoms with Gasteiger partial charge in [-0.05, 0) is 13.5 Å². The van der Waals surface area contributed by atoms with Crippen molar-refractivity contribution < 1.29 is 0 Å². The van der Waals surface area contributed by atoms with Gasteiger partial charge in [0.05, 0.1) is 12.0 Å². The van der Waals surface area contributed by atoms with Gasteiger partial charge in [-0.1, -0.05) is 45.4 Å². The predicted molar refractivity (Wildman–Crippen MR) is 73.0 cm³/mol. The highest BCUT2D eigenvalue weighted by Crippen LogP contribution is 2.19. The van der Waals surface area contributed by atoms with Crippen molar-refractivity contribution in [1.29, 1.82) is 0 Å². The molecule has 0 aliphatic heterocycles. The Morgan fingerprint density at radius 2 is 1.94 bits per heavy atom. The van der Waals surface area contributed by atoms with Gasteiger partial charge in [-0.3, -0.25) is 0 Å². The third-order valence-electron chi connectivity index (χ3n) is 3.41. The van der Waals surface area contributed by atoms with Gasteiger partial charge >= 0.3 is 0 Å². The fourth-order valence-corrected chi connectivity index (χ4v) is 2.27. The summed E-state index contributed by atoms with van der Waals surface area (Å²) in [6.45, 7) is 2.26. The van der Waals surface area contributed by atoms with Crippen LogP contribution in [0.2, 0.25) is 0 Å². The summed E-state index contributed by atoms with van der Waals surface area (Å²) in [5, 5.41) is 3.39. The zero-order chi connectivity index (χ0) is 12.5. The standard InChI is InChI=1S/C14H27N3/c1-4-5-6-7-8-9-10-13(15-2)14-11-16-12-17(14)3/h11-13,15H,4-10H2,1-3H3. The number of nitrogens with one attached hydrogen (secondary N) is 1. The van der Waals surface area contributed by atoms with E-state index in [1.807, 2.05) is 19.6 Å². The largest absolute Gasteiger partial charge is 0.336 e. The fourth-order valence-electron chi connectivity index (χ4n) is 2.27. The van der Waals surface area contributed by atoms with Crippen LogP contribution in [0.4, 0.5) is 0 Å². The van der Waals surface area contributed by atoms with Gasteiger partial charge in [0, 0.05) is 19.3 Å². The second-order valence-corrected chi connectivity index (χ2v) is 4.83. The Bertz CT molecular complexity index is 293. The summed E-state index contributed by atoms with van der Waals surface area (Å²) in [5.41, 5.74) is 1.29. The highest BCUT2D eigenvalue weighted by molar-refractivity contribution is 5.04. The number of aryl methyl sites for hydroxylation is 1. The van der Waals surface area contributed by atoms with Crippen LogP contribution in [-0.4, -0.2) is 16.6 Å². The first-order valence-corrected chi connectivity index (χ1v) is 6.93. The lowest BCUT2D eigenvalue weighted by atomic mass is 10.0. The van der Waals surface area contributed by atoms with Gasteiger partial charge in [-0.25, -0.2) is 4.98 Å². The molecule has 1 aromatic heterocycles. The van der Waals surface area contributed by atoms with Crippen LogP contribution in [-0.2, 0) is 7.05 Å². The maximum absolute atomic E-state index is 4.18. The summed E-state index contributed by atoms with van der Waals surface area (Å²) < 4.78 is 2.11. The quantitative estimate of drug-likeness (QED) is 0.667. The minimum atomic E-state index is 0.452. The molecule has 1 atom stereocenters. The Kier molecular flexibility index (Phi) is 6.94. The third kappa shape index (κ3) is 4.90. The first-order valence-electron chi connectivity index (χ1n) is 6.93. The third-order valence-corrected chi connectivity index (χ3v) is 3.41. The highest BCUT2D eigenvalue weighted by Gasteiger charge is 2.11. The van der Waals surface area contributed by atoms with E-state index in [9.17, 15) is 0 Å². The number of unbranched alkanes of at least 4 members (excludes halogenated alkanes) is 5. The van der Waals surface area contributed by atoms with Crippen molar-refractivity contribution in [3.05, 3.63) is 18.2 Å². The molecule has 17 heavy (non-hydrogen) atoms. The summed E-state index contributed by atoms with van der Waals surface area (Å²) in [6.07, 6.45) is 13.2. The van der Waals surface area contributed by atoms with E-state index < -0.39 is 0 Å². The molecule has 3 heteroatoms.